The van der Waals surface area contributed by atoms with Crippen LogP contribution in [0.2, 0.25) is 0 Å². The highest BCUT2D eigenvalue weighted by molar-refractivity contribution is 5.76. The van der Waals surface area contributed by atoms with Crippen LogP contribution in [0.4, 0.5) is 0 Å². The van der Waals surface area contributed by atoms with E-state index < -0.39 is 0 Å². The van der Waals surface area contributed by atoms with Crippen LogP contribution in [0.5, 0.6) is 0 Å². The average molecular weight is 263 g/mol. The first-order valence-corrected chi connectivity index (χ1v) is 6.74. The van der Waals surface area contributed by atoms with Gasteiger partial charge in [0.05, 0.1) is 11.9 Å². The molecule has 1 heterocycles. The first kappa shape index (κ1) is 13.7. The molecule has 1 amide bonds. The van der Waals surface area contributed by atoms with Crippen molar-refractivity contribution in [3.05, 3.63) is 24.5 Å². The van der Waals surface area contributed by atoms with Gasteiger partial charge in [0, 0.05) is 19.1 Å². The van der Waals surface area contributed by atoms with Gasteiger partial charge in [0.1, 0.15) is 6.54 Å². The lowest BCUT2D eigenvalue weighted by Gasteiger charge is -2.27. The van der Waals surface area contributed by atoms with Gasteiger partial charge in [0.2, 0.25) is 5.91 Å². The second-order valence-corrected chi connectivity index (χ2v) is 4.88. The molecule has 1 fully saturated rings. The molecule has 1 saturated carbocycles. The standard InChI is InChI=1S/C13H21N5O/c1-2-7-18(12-5-3-4-6-12)13(19)10-17-9-11(8-14)15-16-17/h2,9,12H,1,3-8,10,14H2. The molecule has 1 aromatic rings. The Morgan fingerprint density at radius 2 is 2.32 bits per heavy atom. The SMILES string of the molecule is C=CCN(C(=O)Cn1cc(CN)nn1)C1CCCC1. The third-order valence-corrected chi connectivity index (χ3v) is 3.50. The molecule has 0 aliphatic heterocycles. The Hall–Kier alpha value is -1.69. The molecule has 2 rings (SSSR count). The summed E-state index contributed by atoms with van der Waals surface area (Å²) in [6, 6.07) is 0.350. The minimum absolute atomic E-state index is 0.0697. The maximum Gasteiger partial charge on any atom is 0.244 e. The first-order valence-electron chi connectivity index (χ1n) is 6.74. The first-order chi connectivity index (χ1) is 9.24. The summed E-state index contributed by atoms with van der Waals surface area (Å²) in [7, 11) is 0. The Morgan fingerprint density at radius 3 is 2.89 bits per heavy atom. The van der Waals surface area contributed by atoms with Gasteiger partial charge in [0.25, 0.3) is 0 Å². The summed E-state index contributed by atoms with van der Waals surface area (Å²) in [5, 5.41) is 7.80. The zero-order valence-corrected chi connectivity index (χ0v) is 11.2. The Kier molecular flexibility index (Phi) is 4.68. The monoisotopic (exact) mass is 263 g/mol. The highest BCUT2D eigenvalue weighted by atomic mass is 16.2. The molecule has 0 saturated heterocycles. The maximum atomic E-state index is 12.3. The van der Waals surface area contributed by atoms with Crippen LogP contribution in [0.15, 0.2) is 18.9 Å². The van der Waals surface area contributed by atoms with E-state index in [0.29, 0.717) is 24.8 Å². The summed E-state index contributed by atoms with van der Waals surface area (Å²) in [4.78, 5) is 14.3. The molecule has 0 aromatic carbocycles. The Bertz CT molecular complexity index is 436. The van der Waals surface area contributed by atoms with E-state index in [2.05, 4.69) is 16.9 Å². The molecule has 19 heavy (non-hydrogen) atoms. The summed E-state index contributed by atoms with van der Waals surface area (Å²) in [6.07, 6.45) is 8.08. The summed E-state index contributed by atoms with van der Waals surface area (Å²) < 4.78 is 1.55. The van der Waals surface area contributed by atoms with Crippen LogP contribution >= 0.6 is 0 Å². The molecule has 1 aromatic heterocycles. The second-order valence-electron chi connectivity index (χ2n) is 4.88. The zero-order chi connectivity index (χ0) is 13.7. The van der Waals surface area contributed by atoms with E-state index in [1.165, 1.54) is 12.8 Å². The van der Waals surface area contributed by atoms with Crippen LogP contribution in [0.25, 0.3) is 0 Å². The van der Waals surface area contributed by atoms with Crippen LogP contribution in [0.1, 0.15) is 31.4 Å². The third-order valence-electron chi connectivity index (χ3n) is 3.50. The molecule has 6 nitrogen and oxygen atoms in total. The molecule has 6 heteroatoms. The fourth-order valence-electron chi connectivity index (χ4n) is 2.55. The summed E-state index contributed by atoms with van der Waals surface area (Å²) >= 11 is 0. The van der Waals surface area contributed by atoms with Crippen LogP contribution in [0, 0.1) is 0 Å². The van der Waals surface area contributed by atoms with E-state index in [0.717, 1.165) is 12.8 Å². The van der Waals surface area contributed by atoms with Crippen molar-refractivity contribution >= 4 is 5.91 Å². The normalized spacial score (nSPS) is 15.6. The van der Waals surface area contributed by atoms with E-state index in [1.807, 2.05) is 4.90 Å². The molecule has 0 atom stereocenters. The van der Waals surface area contributed by atoms with Crippen LogP contribution in [-0.2, 0) is 17.9 Å². The van der Waals surface area contributed by atoms with Crippen molar-refractivity contribution in [3.8, 4) is 0 Å². The van der Waals surface area contributed by atoms with Crippen molar-refractivity contribution in [2.24, 2.45) is 5.73 Å². The van der Waals surface area contributed by atoms with Gasteiger partial charge >= 0.3 is 0 Å². The fourth-order valence-corrected chi connectivity index (χ4v) is 2.55. The highest BCUT2D eigenvalue weighted by Crippen LogP contribution is 2.23. The minimum Gasteiger partial charge on any atom is -0.334 e. The maximum absolute atomic E-state index is 12.3. The van der Waals surface area contributed by atoms with E-state index in [9.17, 15) is 4.79 Å². The number of nitrogens with zero attached hydrogens (tertiary/aromatic N) is 4. The van der Waals surface area contributed by atoms with Gasteiger partial charge in [-0.05, 0) is 12.8 Å². The lowest BCUT2D eigenvalue weighted by molar-refractivity contribution is -0.133. The fraction of sp³-hybridized carbons (Fsp3) is 0.615. The smallest absolute Gasteiger partial charge is 0.244 e. The van der Waals surface area contributed by atoms with Gasteiger partial charge in [-0.15, -0.1) is 11.7 Å². The molecule has 104 valence electrons. The number of aromatic nitrogens is 3. The van der Waals surface area contributed by atoms with Crippen molar-refractivity contribution in [2.75, 3.05) is 6.54 Å². The number of hydrogen-bond donors (Lipinski definition) is 1. The molecule has 0 spiro atoms. The third kappa shape index (κ3) is 3.41. The van der Waals surface area contributed by atoms with E-state index in [-0.39, 0.29) is 12.5 Å². The quantitative estimate of drug-likeness (QED) is 0.766. The number of carbonyl (C=O) groups excluding carboxylic acids is 1. The Balaban J connectivity index is 2.00. The molecule has 1 aliphatic rings. The number of hydrogen-bond acceptors (Lipinski definition) is 4. The Morgan fingerprint density at radius 1 is 1.58 bits per heavy atom. The van der Waals surface area contributed by atoms with Crippen LogP contribution in [0.3, 0.4) is 0 Å². The van der Waals surface area contributed by atoms with Gasteiger partial charge < -0.3 is 10.6 Å². The van der Waals surface area contributed by atoms with Crippen LogP contribution in [-0.4, -0.2) is 38.4 Å². The zero-order valence-electron chi connectivity index (χ0n) is 11.2. The summed E-state index contributed by atoms with van der Waals surface area (Å²) in [6.45, 7) is 4.89. The van der Waals surface area contributed by atoms with Gasteiger partial charge in [-0.2, -0.15) is 0 Å². The van der Waals surface area contributed by atoms with Gasteiger partial charge in [-0.3, -0.25) is 4.79 Å². The van der Waals surface area contributed by atoms with Crippen molar-refractivity contribution in [2.45, 2.75) is 44.8 Å². The predicted molar refractivity (Wildman–Crippen MR) is 72.1 cm³/mol. The molecule has 0 radical (unpaired) electrons. The largest absolute Gasteiger partial charge is 0.334 e. The van der Waals surface area contributed by atoms with Crippen molar-refractivity contribution in [1.82, 2.24) is 19.9 Å². The van der Waals surface area contributed by atoms with Crippen molar-refractivity contribution in [3.63, 3.8) is 0 Å². The van der Waals surface area contributed by atoms with E-state index in [1.54, 1.807) is 17.0 Å². The molecule has 0 bridgehead atoms. The minimum atomic E-state index is 0.0697. The second kappa shape index (κ2) is 6.47. The molecule has 1 aliphatic carbocycles. The highest BCUT2D eigenvalue weighted by Gasteiger charge is 2.25. The number of nitrogens with two attached hydrogens (primary N) is 1. The summed E-state index contributed by atoms with van der Waals surface area (Å²) in [5.41, 5.74) is 6.17. The molecule has 0 unspecified atom stereocenters. The lowest BCUT2D eigenvalue weighted by Crippen LogP contribution is -2.40. The van der Waals surface area contributed by atoms with Gasteiger partial charge in [-0.1, -0.05) is 24.1 Å². The van der Waals surface area contributed by atoms with E-state index >= 15 is 0 Å². The molecular weight excluding hydrogens is 242 g/mol. The number of amides is 1. The number of rotatable bonds is 6. The number of carbonyl (C=O) groups is 1. The average Bonchev–Trinajstić information content (AvgIpc) is 3.06. The summed E-state index contributed by atoms with van der Waals surface area (Å²) in [5.74, 6) is 0.0697. The van der Waals surface area contributed by atoms with Crippen molar-refractivity contribution < 1.29 is 4.79 Å². The topological polar surface area (TPSA) is 77.0 Å². The molecule has 2 N–H and O–H groups in total. The Labute approximate surface area is 113 Å². The van der Waals surface area contributed by atoms with Crippen molar-refractivity contribution in [1.29, 1.82) is 0 Å². The van der Waals surface area contributed by atoms with Gasteiger partial charge in [-0.25, -0.2) is 4.68 Å². The lowest BCUT2D eigenvalue weighted by atomic mass is 10.2. The predicted octanol–water partition coefficient (Wildman–Crippen LogP) is 0.694. The molecular formula is C13H21N5O. The van der Waals surface area contributed by atoms with Crippen LogP contribution < -0.4 is 5.73 Å². The van der Waals surface area contributed by atoms with E-state index in [4.69, 9.17) is 5.73 Å². The van der Waals surface area contributed by atoms with Gasteiger partial charge in [0.15, 0.2) is 0 Å².